The van der Waals surface area contributed by atoms with E-state index in [2.05, 4.69) is 5.32 Å². The van der Waals surface area contributed by atoms with Crippen LogP contribution in [0.4, 0.5) is 8.78 Å². The molecule has 0 amide bonds. The molecule has 1 aromatic carbocycles. The Hall–Kier alpha value is -1.00. The smallest absolute Gasteiger partial charge is 0.129 e. The number of benzene rings is 1. The molecule has 2 nitrogen and oxygen atoms in total. The van der Waals surface area contributed by atoms with Crippen molar-refractivity contribution in [3.05, 3.63) is 35.4 Å². The van der Waals surface area contributed by atoms with Crippen LogP contribution in [0.1, 0.15) is 12.5 Å². The molecular formula is C12H15F2NO. The third kappa shape index (κ3) is 2.77. The predicted molar refractivity (Wildman–Crippen MR) is 57.3 cm³/mol. The quantitative estimate of drug-likeness (QED) is 0.833. The Labute approximate surface area is 93.6 Å². The summed E-state index contributed by atoms with van der Waals surface area (Å²) >= 11 is 0. The average Bonchev–Trinajstić information content (AvgIpc) is 2.22. The molecule has 2 rings (SSSR count). The van der Waals surface area contributed by atoms with Gasteiger partial charge in [0.2, 0.25) is 0 Å². The highest BCUT2D eigenvalue weighted by molar-refractivity contribution is 5.19. The van der Waals surface area contributed by atoms with Gasteiger partial charge in [0, 0.05) is 25.6 Å². The Morgan fingerprint density at radius 2 is 2.19 bits per heavy atom. The van der Waals surface area contributed by atoms with Crippen LogP contribution in [-0.2, 0) is 11.2 Å². The number of morpholine rings is 1. The van der Waals surface area contributed by atoms with E-state index >= 15 is 0 Å². The van der Waals surface area contributed by atoms with Crippen LogP contribution in [0.2, 0.25) is 0 Å². The zero-order chi connectivity index (χ0) is 11.5. The minimum absolute atomic E-state index is 0.0382. The van der Waals surface area contributed by atoms with Crippen LogP contribution < -0.4 is 5.32 Å². The summed E-state index contributed by atoms with van der Waals surface area (Å²) in [6.45, 7) is 3.50. The summed E-state index contributed by atoms with van der Waals surface area (Å²) in [5, 5.41) is 3.21. The SMILES string of the molecule is CC1CNCC(Cc2ccc(F)cc2F)O1. The summed E-state index contributed by atoms with van der Waals surface area (Å²) in [5.41, 5.74) is 0.502. The second kappa shape index (κ2) is 4.89. The van der Waals surface area contributed by atoms with Gasteiger partial charge < -0.3 is 10.1 Å². The molecule has 1 heterocycles. The third-order valence-corrected chi connectivity index (χ3v) is 2.69. The van der Waals surface area contributed by atoms with Gasteiger partial charge in [-0.15, -0.1) is 0 Å². The van der Waals surface area contributed by atoms with Crippen molar-refractivity contribution in [1.82, 2.24) is 5.32 Å². The normalized spacial score (nSPS) is 25.7. The second-order valence-corrected chi connectivity index (χ2v) is 4.17. The molecule has 88 valence electrons. The van der Waals surface area contributed by atoms with Gasteiger partial charge in [-0.05, 0) is 18.6 Å². The molecule has 1 aliphatic rings. The minimum atomic E-state index is -0.544. The van der Waals surface area contributed by atoms with E-state index in [1.165, 1.54) is 12.1 Å². The molecule has 0 saturated carbocycles. The maximum atomic E-state index is 13.4. The van der Waals surface area contributed by atoms with E-state index in [1.807, 2.05) is 6.92 Å². The molecule has 1 fully saturated rings. The summed E-state index contributed by atoms with van der Waals surface area (Å²) in [6, 6.07) is 3.67. The van der Waals surface area contributed by atoms with Crippen molar-refractivity contribution < 1.29 is 13.5 Å². The monoisotopic (exact) mass is 227 g/mol. The highest BCUT2D eigenvalue weighted by Crippen LogP contribution is 2.15. The van der Waals surface area contributed by atoms with Crippen molar-refractivity contribution in [2.24, 2.45) is 0 Å². The van der Waals surface area contributed by atoms with Crippen LogP contribution in [0.25, 0.3) is 0 Å². The number of hydrogen-bond acceptors (Lipinski definition) is 2. The second-order valence-electron chi connectivity index (χ2n) is 4.17. The first-order valence-corrected chi connectivity index (χ1v) is 5.45. The highest BCUT2D eigenvalue weighted by Gasteiger charge is 2.20. The van der Waals surface area contributed by atoms with Crippen LogP contribution in [-0.4, -0.2) is 25.3 Å². The zero-order valence-corrected chi connectivity index (χ0v) is 9.17. The Morgan fingerprint density at radius 1 is 1.38 bits per heavy atom. The molecule has 0 aromatic heterocycles. The van der Waals surface area contributed by atoms with E-state index in [1.54, 1.807) is 0 Å². The maximum absolute atomic E-state index is 13.4. The molecular weight excluding hydrogens is 212 g/mol. The van der Waals surface area contributed by atoms with Gasteiger partial charge in [-0.3, -0.25) is 0 Å². The predicted octanol–water partition coefficient (Wildman–Crippen LogP) is 1.88. The van der Waals surface area contributed by atoms with Gasteiger partial charge in [-0.1, -0.05) is 6.07 Å². The summed E-state index contributed by atoms with van der Waals surface area (Å²) in [4.78, 5) is 0. The van der Waals surface area contributed by atoms with Gasteiger partial charge in [0.15, 0.2) is 0 Å². The first-order valence-electron chi connectivity index (χ1n) is 5.45. The summed E-state index contributed by atoms with van der Waals surface area (Å²) in [5.74, 6) is -1.04. The summed E-state index contributed by atoms with van der Waals surface area (Å²) in [7, 11) is 0. The molecule has 2 unspecified atom stereocenters. The largest absolute Gasteiger partial charge is 0.372 e. The van der Waals surface area contributed by atoms with Crippen molar-refractivity contribution in [2.75, 3.05) is 13.1 Å². The van der Waals surface area contributed by atoms with Crippen molar-refractivity contribution in [3.63, 3.8) is 0 Å². The van der Waals surface area contributed by atoms with Crippen LogP contribution in [0.5, 0.6) is 0 Å². The van der Waals surface area contributed by atoms with E-state index in [0.717, 1.165) is 12.6 Å². The van der Waals surface area contributed by atoms with Gasteiger partial charge in [-0.2, -0.15) is 0 Å². The van der Waals surface area contributed by atoms with Crippen LogP contribution in [0, 0.1) is 11.6 Å². The molecule has 0 spiro atoms. The van der Waals surface area contributed by atoms with Crippen LogP contribution >= 0.6 is 0 Å². The highest BCUT2D eigenvalue weighted by atomic mass is 19.1. The molecule has 1 N–H and O–H groups in total. The molecule has 1 saturated heterocycles. The molecule has 1 aromatic rings. The third-order valence-electron chi connectivity index (χ3n) is 2.69. The maximum Gasteiger partial charge on any atom is 0.129 e. The molecule has 16 heavy (non-hydrogen) atoms. The average molecular weight is 227 g/mol. The fraction of sp³-hybridized carbons (Fsp3) is 0.500. The van der Waals surface area contributed by atoms with Crippen LogP contribution in [0.15, 0.2) is 18.2 Å². The van der Waals surface area contributed by atoms with E-state index in [9.17, 15) is 8.78 Å². The molecule has 0 radical (unpaired) electrons. The van der Waals surface area contributed by atoms with Gasteiger partial charge in [0.25, 0.3) is 0 Å². The van der Waals surface area contributed by atoms with Crippen molar-refractivity contribution in [2.45, 2.75) is 25.6 Å². The molecule has 2 atom stereocenters. The Balaban J connectivity index is 2.02. The first kappa shape index (κ1) is 11.5. The van der Waals surface area contributed by atoms with Crippen molar-refractivity contribution in [3.8, 4) is 0 Å². The summed E-state index contributed by atoms with van der Waals surface area (Å²) in [6.07, 6.45) is 0.578. The Kier molecular flexibility index (Phi) is 3.51. The number of halogens is 2. The van der Waals surface area contributed by atoms with E-state index < -0.39 is 11.6 Å². The van der Waals surface area contributed by atoms with Gasteiger partial charge in [0.1, 0.15) is 11.6 Å². The lowest BCUT2D eigenvalue weighted by Gasteiger charge is -2.28. The molecule has 1 aliphatic heterocycles. The fourth-order valence-electron chi connectivity index (χ4n) is 1.93. The first-order chi connectivity index (χ1) is 7.65. The van der Waals surface area contributed by atoms with Crippen molar-refractivity contribution in [1.29, 1.82) is 0 Å². The van der Waals surface area contributed by atoms with Gasteiger partial charge in [-0.25, -0.2) is 8.78 Å². The lowest BCUT2D eigenvalue weighted by atomic mass is 10.1. The van der Waals surface area contributed by atoms with Crippen molar-refractivity contribution >= 4 is 0 Å². The number of nitrogens with one attached hydrogen (secondary N) is 1. The van der Waals surface area contributed by atoms with Gasteiger partial charge >= 0.3 is 0 Å². The van der Waals surface area contributed by atoms with Gasteiger partial charge in [0.05, 0.1) is 12.2 Å². The number of ether oxygens (including phenoxy) is 1. The fourth-order valence-corrected chi connectivity index (χ4v) is 1.93. The van der Waals surface area contributed by atoms with E-state index in [0.29, 0.717) is 18.5 Å². The number of hydrogen-bond donors (Lipinski definition) is 1. The molecule has 4 heteroatoms. The van der Waals surface area contributed by atoms with E-state index in [-0.39, 0.29) is 12.2 Å². The lowest BCUT2D eigenvalue weighted by molar-refractivity contribution is -0.0266. The standard InChI is InChI=1S/C12H15F2NO/c1-8-6-15-7-11(16-8)4-9-2-3-10(13)5-12(9)14/h2-3,5,8,11,15H,4,6-7H2,1H3. The number of rotatable bonds is 2. The van der Waals surface area contributed by atoms with Crippen LogP contribution in [0.3, 0.4) is 0 Å². The Morgan fingerprint density at radius 3 is 2.88 bits per heavy atom. The topological polar surface area (TPSA) is 21.3 Å². The zero-order valence-electron chi connectivity index (χ0n) is 9.17. The minimum Gasteiger partial charge on any atom is -0.372 e. The molecule has 0 bridgehead atoms. The molecule has 0 aliphatic carbocycles. The Bertz CT molecular complexity index is 370. The van der Waals surface area contributed by atoms with E-state index in [4.69, 9.17) is 4.74 Å². The summed E-state index contributed by atoms with van der Waals surface area (Å²) < 4.78 is 31.7. The lowest BCUT2D eigenvalue weighted by Crippen LogP contribution is -2.44.